The number of anilines is 1. The normalized spacial score (nSPS) is 10.6. The zero-order chi connectivity index (χ0) is 17.2. The number of nitro benzene ring substituents is 1. The van der Waals surface area contributed by atoms with Crippen molar-refractivity contribution in [3.05, 3.63) is 63.7 Å². The predicted molar refractivity (Wildman–Crippen MR) is 87.8 cm³/mol. The molecule has 2 aromatic carbocycles. The summed E-state index contributed by atoms with van der Waals surface area (Å²) in [5.74, 6) is -0.576. The molecule has 0 unspecified atom stereocenters. The van der Waals surface area contributed by atoms with Gasteiger partial charge in [-0.25, -0.2) is 0 Å². The molecule has 0 saturated heterocycles. The van der Waals surface area contributed by atoms with Crippen LogP contribution >= 0.6 is 0 Å². The Bertz CT molecular complexity index is 881. The van der Waals surface area contributed by atoms with Crippen molar-refractivity contribution in [1.82, 2.24) is 0 Å². The number of hydrogen-bond donors (Lipinski definition) is 2. The summed E-state index contributed by atoms with van der Waals surface area (Å²) in [6.45, 7) is 1.56. The number of benzene rings is 2. The van der Waals surface area contributed by atoms with Gasteiger partial charge in [-0.05, 0) is 37.3 Å². The summed E-state index contributed by atoms with van der Waals surface area (Å²) in [6, 6.07) is 8.92. The number of nitrogens with one attached hydrogen (secondary N) is 1. The Morgan fingerprint density at radius 3 is 2.25 bits per heavy atom. The van der Waals surface area contributed by atoms with Gasteiger partial charge >= 0.3 is 0 Å². The molecule has 1 radical (unpaired) electrons. The van der Waals surface area contributed by atoms with Crippen molar-refractivity contribution >= 4 is 57.0 Å². The zero-order valence-corrected chi connectivity index (χ0v) is 15.7. The fourth-order valence-corrected chi connectivity index (χ4v) is 2.34. The van der Waals surface area contributed by atoms with Crippen LogP contribution < -0.4 is 5.32 Å². The van der Waals surface area contributed by atoms with E-state index in [1.54, 1.807) is 6.92 Å². The summed E-state index contributed by atoms with van der Waals surface area (Å²) >= 11 is 0. The number of carbonyl (C=O) groups is 1. The van der Waals surface area contributed by atoms with Crippen molar-refractivity contribution in [2.24, 2.45) is 0 Å². The van der Waals surface area contributed by atoms with Gasteiger partial charge in [0, 0.05) is 52.4 Å². The van der Waals surface area contributed by atoms with Gasteiger partial charge in [0.05, 0.1) is 9.82 Å². The van der Waals surface area contributed by atoms with Crippen molar-refractivity contribution in [2.75, 3.05) is 5.32 Å². The predicted octanol–water partition coefficient (Wildman–Crippen LogP) is 2.02. The van der Waals surface area contributed by atoms with E-state index in [0.717, 1.165) is 18.2 Å². The Kier molecular flexibility index (Phi) is 6.64. The molecule has 0 aliphatic rings. The molecule has 8 nitrogen and oxygen atoms in total. The quantitative estimate of drug-likeness (QED) is 0.372. The summed E-state index contributed by atoms with van der Waals surface area (Å²) < 4.78 is 30.7. The van der Waals surface area contributed by atoms with Crippen LogP contribution in [0.1, 0.15) is 15.9 Å². The average Bonchev–Trinajstić information content (AvgIpc) is 2.47. The van der Waals surface area contributed by atoms with E-state index >= 15 is 0 Å². The van der Waals surface area contributed by atoms with Gasteiger partial charge in [-0.2, -0.15) is 8.42 Å². The maximum atomic E-state index is 12.1. The topological polar surface area (TPSA) is 127 Å². The monoisotopic (exact) mass is 359 g/mol. The summed E-state index contributed by atoms with van der Waals surface area (Å²) in [5, 5.41) is 13.4. The Labute approximate surface area is 160 Å². The fraction of sp³-hybridized carbons (Fsp3) is 0.0714. The third-order valence-electron chi connectivity index (χ3n) is 3.08. The van der Waals surface area contributed by atoms with E-state index in [1.807, 2.05) is 0 Å². The van der Waals surface area contributed by atoms with Crippen LogP contribution in [0, 0.1) is 17.0 Å². The molecule has 0 aliphatic carbocycles. The summed E-state index contributed by atoms with van der Waals surface area (Å²) in [7, 11) is -4.31. The van der Waals surface area contributed by atoms with Gasteiger partial charge in [0.2, 0.25) is 0 Å². The van der Waals surface area contributed by atoms with Gasteiger partial charge in [0.25, 0.3) is 21.7 Å². The first-order valence-corrected chi connectivity index (χ1v) is 7.76. The second kappa shape index (κ2) is 7.86. The van der Waals surface area contributed by atoms with E-state index in [4.69, 9.17) is 4.55 Å². The molecule has 2 rings (SSSR count). The smallest absolute Gasteiger partial charge is 0.294 e. The first-order chi connectivity index (χ1) is 10.7. The summed E-state index contributed by atoms with van der Waals surface area (Å²) in [5.41, 5.74) is 0.648. The third-order valence-corrected chi connectivity index (χ3v) is 3.95. The van der Waals surface area contributed by atoms with E-state index in [2.05, 4.69) is 5.32 Å². The molecule has 2 aromatic rings. The molecule has 0 aromatic heterocycles. The molecule has 10 heteroatoms. The van der Waals surface area contributed by atoms with E-state index in [-0.39, 0.29) is 51.4 Å². The number of hydrogen-bond acceptors (Lipinski definition) is 5. The molecular weight excluding hydrogens is 347 g/mol. The molecule has 0 atom stereocenters. The molecule has 1 amide bonds. The number of rotatable bonds is 4. The van der Waals surface area contributed by atoms with Crippen LogP contribution in [0.25, 0.3) is 0 Å². The number of carbonyl (C=O) groups excluding carboxylic acids is 1. The largest absolute Gasteiger partial charge is 0.322 e. The number of amides is 1. The van der Waals surface area contributed by atoms with E-state index in [9.17, 15) is 23.3 Å². The maximum absolute atomic E-state index is 12.1. The molecule has 0 fully saturated rings. The molecule has 0 heterocycles. The zero-order valence-electron chi connectivity index (χ0n) is 12.9. The third kappa shape index (κ3) is 4.86. The van der Waals surface area contributed by atoms with Gasteiger partial charge in [0.1, 0.15) is 0 Å². The first-order valence-electron chi connectivity index (χ1n) is 6.32. The second-order valence-corrected chi connectivity index (χ2v) is 6.13. The SMILES string of the molecule is Cc1ccc(C(=O)Nc2ccc(S(=O)(=O)O)cc2)cc1[N+](=O)[O-].[Na]. The minimum atomic E-state index is -4.31. The molecule has 0 saturated carbocycles. The van der Waals surface area contributed by atoms with Gasteiger partial charge in [0.15, 0.2) is 0 Å². The van der Waals surface area contributed by atoms with Crippen LogP contribution in [-0.2, 0) is 10.1 Å². The molecule has 121 valence electrons. The Hall–Kier alpha value is -1.78. The van der Waals surface area contributed by atoms with Crippen LogP contribution in [0.3, 0.4) is 0 Å². The van der Waals surface area contributed by atoms with Crippen molar-refractivity contribution < 1.29 is 22.7 Å². The van der Waals surface area contributed by atoms with Crippen molar-refractivity contribution in [1.29, 1.82) is 0 Å². The molecule has 0 bridgehead atoms. The summed E-state index contributed by atoms with van der Waals surface area (Å²) in [6.07, 6.45) is 0. The summed E-state index contributed by atoms with van der Waals surface area (Å²) in [4.78, 5) is 22.1. The Morgan fingerprint density at radius 1 is 1.17 bits per heavy atom. The first kappa shape index (κ1) is 20.3. The van der Waals surface area contributed by atoms with Gasteiger partial charge in [-0.3, -0.25) is 19.5 Å². The van der Waals surface area contributed by atoms with Crippen LogP contribution in [0.5, 0.6) is 0 Å². The standard InChI is InChI=1S/C14H12N2O6S.Na/c1-9-2-3-10(8-13(9)16(18)19)14(17)15-11-4-6-12(7-5-11)23(20,21)22;/h2-8H,1H3,(H,15,17)(H,20,21,22);. The van der Waals surface area contributed by atoms with Gasteiger partial charge < -0.3 is 5.32 Å². The van der Waals surface area contributed by atoms with Crippen LogP contribution in [0.4, 0.5) is 11.4 Å². The van der Waals surface area contributed by atoms with Gasteiger partial charge in [-0.1, -0.05) is 6.07 Å². The molecular formula is C14H12N2NaO6S. The molecule has 0 spiro atoms. The van der Waals surface area contributed by atoms with Crippen LogP contribution in [-0.4, -0.2) is 53.4 Å². The van der Waals surface area contributed by atoms with Gasteiger partial charge in [-0.15, -0.1) is 0 Å². The Morgan fingerprint density at radius 2 is 1.75 bits per heavy atom. The number of aryl methyl sites for hydroxylation is 1. The Balaban J connectivity index is 0.00000288. The van der Waals surface area contributed by atoms with E-state index < -0.39 is 20.9 Å². The number of nitrogens with zero attached hydrogens (tertiary/aromatic N) is 1. The van der Waals surface area contributed by atoms with Crippen molar-refractivity contribution in [3.63, 3.8) is 0 Å². The fourth-order valence-electron chi connectivity index (χ4n) is 1.86. The van der Waals surface area contributed by atoms with Crippen LogP contribution in [0.15, 0.2) is 47.4 Å². The number of nitro groups is 1. The van der Waals surface area contributed by atoms with Crippen LogP contribution in [0.2, 0.25) is 0 Å². The minimum absolute atomic E-state index is 0. The second-order valence-electron chi connectivity index (χ2n) is 4.71. The molecule has 2 N–H and O–H groups in total. The average molecular weight is 359 g/mol. The maximum Gasteiger partial charge on any atom is 0.294 e. The molecule has 24 heavy (non-hydrogen) atoms. The van der Waals surface area contributed by atoms with Crippen molar-refractivity contribution in [3.8, 4) is 0 Å². The van der Waals surface area contributed by atoms with Crippen molar-refractivity contribution in [2.45, 2.75) is 11.8 Å². The molecule has 0 aliphatic heterocycles. The van der Waals surface area contributed by atoms with E-state index in [1.165, 1.54) is 24.3 Å². The minimum Gasteiger partial charge on any atom is -0.322 e. The van der Waals surface area contributed by atoms with E-state index in [0.29, 0.717) is 5.56 Å².